The number of aliphatic hydroxyl groups is 2. The number of phosphoric acid groups is 1. The second-order valence-electron chi connectivity index (χ2n) is 13.6. The highest BCUT2D eigenvalue weighted by Gasteiger charge is 2.27. The largest absolute Gasteiger partial charge is 0.472 e. The van der Waals surface area contributed by atoms with E-state index in [1.54, 1.807) is 0 Å². The summed E-state index contributed by atoms with van der Waals surface area (Å²) >= 11 is 0. The SMILES string of the molecule is CC/C=C/C/C=C/C/C=C/CCCCCCCC(=O)O[C@H](COC(=O)CC/C=C/CCCCCCCCCCCCC)COP(=O)(O)OC[C@@H](O)CO. The predicted octanol–water partition coefficient (Wildman–Crippen LogP) is 10.6. The number of esters is 2. The van der Waals surface area contributed by atoms with Crippen molar-refractivity contribution < 1.29 is 47.8 Å². The lowest BCUT2D eigenvalue weighted by Gasteiger charge is -2.20. The van der Waals surface area contributed by atoms with Gasteiger partial charge in [0.25, 0.3) is 0 Å². The zero-order valence-electron chi connectivity index (χ0n) is 33.2. The average molecular weight is 771 g/mol. The minimum atomic E-state index is -4.63. The zero-order chi connectivity index (χ0) is 39.1. The molecule has 0 aliphatic carbocycles. The Morgan fingerprint density at radius 3 is 1.66 bits per heavy atom. The molecule has 0 saturated carbocycles. The molecule has 0 spiro atoms. The summed E-state index contributed by atoms with van der Waals surface area (Å²) in [6.07, 6.45) is 39.5. The first-order valence-corrected chi connectivity index (χ1v) is 22.1. The molecule has 10 nitrogen and oxygen atoms in total. The molecule has 0 rings (SSSR count). The fourth-order valence-electron chi connectivity index (χ4n) is 5.32. The zero-order valence-corrected chi connectivity index (χ0v) is 34.1. The minimum absolute atomic E-state index is 0.153. The number of ether oxygens (including phenoxy) is 2. The van der Waals surface area contributed by atoms with Crippen LogP contribution in [0, 0.1) is 0 Å². The lowest BCUT2D eigenvalue weighted by molar-refractivity contribution is -0.161. The molecule has 0 fully saturated rings. The van der Waals surface area contributed by atoms with Gasteiger partial charge in [-0.05, 0) is 57.8 Å². The van der Waals surface area contributed by atoms with Crippen LogP contribution in [0.15, 0.2) is 48.6 Å². The Morgan fingerprint density at radius 2 is 1.08 bits per heavy atom. The lowest BCUT2D eigenvalue weighted by atomic mass is 10.1. The Bertz CT molecular complexity index is 1030. The molecule has 1 unspecified atom stereocenters. The van der Waals surface area contributed by atoms with E-state index in [1.807, 2.05) is 6.08 Å². The van der Waals surface area contributed by atoms with Gasteiger partial charge in [0.15, 0.2) is 6.10 Å². The van der Waals surface area contributed by atoms with Crippen LogP contribution >= 0.6 is 7.82 Å². The maximum Gasteiger partial charge on any atom is 0.472 e. The third-order valence-electron chi connectivity index (χ3n) is 8.48. The van der Waals surface area contributed by atoms with Crippen molar-refractivity contribution in [2.75, 3.05) is 26.4 Å². The third kappa shape index (κ3) is 38.0. The van der Waals surface area contributed by atoms with E-state index < -0.39 is 51.8 Å². The van der Waals surface area contributed by atoms with Crippen LogP contribution in [0.25, 0.3) is 0 Å². The molecular formula is C42H75O10P. The normalized spacial score (nSPS) is 14.4. The molecule has 308 valence electrons. The molecule has 0 aromatic heterocycles. The van der Waals surface area contributed by atoms with E-state index in [-0.39, 0.29) is 19.4 Å². The van der Waals surface area contributed by atoms with E-state index in [4.69, 9.17) is 19.1 Å². The Hall–Kier alpha value is -2.07. The fourth-order valence-corrected chi connectivity index (χ4v) is 6.11. The minimum Gasteiger partial charge on any atom is -0.462 e. The Morgan fingerprint density at radius 1 is 0.585 bits per heavy atom. The van der Waals surface area contributed by atoms with E-state index in [0.29, 0.717) is 12.8 Å². The van der Waals surface area contributed by atoms with E-state index in [0.717, 1.165) is 64.2 Å². The number of hydrogen-bond donors (Lipinski definition) is 3. The van der Waals surface area contributed by atoms with E-state index >= 15 is 0 Å². The Labute approximate surface area is 322 Å². The highest BCUT2D eigenvalue weighted by atomic mass is 31.2. The Balaban J connectivity index is 4.40. The van der Waals surface area contributed by atoms with Gasteiger partial charge in [0.1, 0.15) is 12.7 Å². The van der Waals surface area contributed by atoms with E-state index in [1.165, 1.54) is 64.2 Å². The first kappa shape index (κ1) is 50.9. The second kappa shape index (κ2) is 38.2. The number of carbonyl (C=O) groups excluding carboxylic acids is 2. The summed E-state index contributed by atoms with van der Waals surface area (Å²) in [6, 6.07) is 0. The summed E-state index contributed by atoms with van der Waals surface area (Å²) in [5, 5.41) is 18.3. The van der Waals surface area contributed by atoms with Crippen LogP contribution in [0.5, 0.6) is 0 Å². The summed E-state index contributed by atoms with van der Waals surface area (Å²) < 4.78 is 32.6. The highest BCUT2D eigenvalue weighted by Crippen LogP contribution is 2.43. The molecule has 0 bridgehead atoms. The fraction of sp³-hybridized carbons (Fsp3) is 0.762. The van der Waals surface area contributed by atoms with E-state index in [9.17, 15) is 24.2 Å². The molecule has 11 heteroatoms. The molecule has 0 saturated heterocycles. The van der Waals surface area contributed by atoms with Gasteiger partial charge >= 0.3 is 19.8 Å². The quantitative estimate of drug-likeness (QED) is 0.0240. The van der Waals surface area contributed by atoms with Crippen molar-refractivity contribution in [2.24, 2.45) is 0 Å². The third-order valence-corrected chi connectivity index (χ3v) is 9.43. The molecule has 3 N–H and O–H groups in total. The molecule has 0 aromatic rings. The van der Waals surface area contributed by atoms with Gasteiger partial charge in [-0.25, -0.2) is 4.57 Å². The van der Waals surface area contributed by atoms with Crippen molar-refractivity contribution in [3.63, 3.8) is 0 Å². The lowest BCUT2D eigenvalue weighted by Crippen LogP contribution is -2.29. The van der Waals surface area contributed by atoms with Crippen LogP contribution in [-0.4, -0.2) is 65.7 Å². The molecule has 53 heavy (non-hydrogen) atoms. The summed E-state index contributed by atoms with van der Waals surface area (Å²) in [7, 11) is -4.63. The van der Waals surface area contributed by atoms with Crippen molar-refractivity contribution >= 4 is 19.8 Å². The first-order chi connectivity index (χ1) is 25.7. The number of allylic oxidation sites excluding steroid dienone is 8. The molecule has 0 aliphatic heterocycles. The van der Waals surface area contributed by atoms with Crippen molar-refractivity contribution in [2.45, 2.75) is 180 Å². The topological polar surface area (TPSA) is 149 Å². The van der Waals surface area contributed by atoms with E-state index in [2.05, 4.69) is 60.9 Å². The van der Waals surface area contributed by atoms with Crippen molar-refractivity contribution in [1.82, 2.24) is 0 Å². The number of hydrogen-bond acceptors (Lipinski definition) is 9. The summed E-state index contributed by atoms with van der Waals surface area (Å²) in [6.45, 7) is 2.20. The smallest absolute Gasteiger partial charge is 0.462 e. The summed E-state index contributed by atoms with van der Waals surface area (Å²) in [5.41, 5.74) is 0. The maximum absolute atomic E-state index is 12.6. The molecule has 3 atom stereocenters. The van der Waals surface area contributed by atoms with Gasteiger partial charge in [-0.1, -0.05) is 146 Å². The van der Waals surface area contributed by atoms with Crippen molar-refractivity contribution in [1.29, 1.82) is 0 Å². The van der Waals surface area contributed by atoms with Crippen LogP contribution in [0.2, 0.25) is 0 Å². The van der Waals surface area contributed by atoms with Gasteiger partial charge in [0, 0.05) is 12.8 Å². The van der Waals surface area contributed by atoms with Crippen LogP contribution in [-0.2, 0) is 32.7 Å². The van der Waals surface area contributed by atoms with Gasteiger partial charge < -0.3 is 24.6 Å². The number of phosphoric ester groups is 1. The van der Waals surface area contributed by atoms with Crippen LogP contribution in [0.3, 0.4) is 0 Å². The van der Waals surface area contributed by atoms with Crippen LogP contribution in [0.1, 0.15) is 168 Å². The molecule has 0 aliphatic rings. The predicted molar refractivity (Wildman–Crippen MR) is 214 cm³/mol. The molecular weight excluding hydrogens is 695 g/mol. The van der Waals surface area contributed by atoms with Crippen molar-refractivity contribution in [3.05, 3.63) is 48.6 Å². The Kier molecular flexibility index (Phi) is 36.7. The maximum atomic E-state index is 12.6. The highest BCUT2D eigenvalue weighted by molar-refractivity contribution is 7.47. The van der Waals surface area contributed by atoms with Gasteiger partial charge in [-0.15, -0.1) is 0 Å². The van der Waals surface area contributed by atoms with Gasteiger partial charge in [0.05, 0.1) is 19.8 Å². The first-order valence-electron chi connectivity index (χ1n) is 20.6. The summed E-state index contributed by atoms with van der Waals surface area (Å²) in [5.74, 6) is -1.00. The molecule has 0 aromatic carbocycles. The van der Waals surface area contributed by atoms with Gasteiger partial charge in [-0.2, -0.15) is 0 Å². The molecule has 0 amide bonds. The number of carbonyl (C=O) groups is 2. The van der Waals surface area contributed by atoms with Crippen LogP contribution in [0.4, 0.5) is 0 Å². The second-order valence-corrected chi connectivity index (χ2v) is 15.1. The summed E-state index contributed by atoms with van der Waals surface area (Å²) in [4.78, 5) is 34.9. The monoisotopic (exact) mass is 771 g/mol. The van der Waals surface area contributed by atoms with Crippen LogP contribution < -0.4 is 0 Å². The molecule has 0 heterocycles. The standard InChI is InChI=1S/C42H75O10P/c1-3-5-7-9-11-13-15-17-19-21-23-25-27-29-31-33-41(45)49-37-40(38-51-53(47,48)50-36-39(44)35-43)52-42(46)34-32-30-28-26-24-22-20-18-16-14-12-10-8-6-4-2/h6,8,12,14,18,20,27,29,39-40,43-44H,3-5,7,9-11,13,15-17,19,21-26,28,30-38H2,1-2H3,(H,47,48)/b8-6+,14-12+,20-18+,29-27+/t39-,40+/m0/s1. The van der Waals surface area contributed by atoms with Crippen molar-refractivity contribution in [3.8, 4) is 0 Å². The molecule has 0 radical (unpaired) electrons. The number of aliphatic hydroxyl groups excluding tert-OH is 2. The van der Waals surface area contributed by atoms with Gasteiger partial charge in [0.2, 0.25) is 0 Å². The number of rotatable bonds is 38. The van der Waals surface area contributed by atoms with Gasteiger partial charge in [-0.3, -0.25) is 18.6 Å². The average Bonchev–Trinajstić information content (AvgIpc) is 3.14. The number of unbranched alkanes of at least 4 members (excludes halogenated alkanes) is 16.